The van der Waals surface area contributed by atoms with E-state index in [1.54, 1.807) is 12.3 Å². The van der Waals surface area contributed by atoms with E-state index in [0.717, 1.165) is 17.1 Å². The Hall–Kier alpha value is -3.35. The molecule has 0 aliphatic heterocycles. The van der Waals surface area contributed by atoms with Crippen LogP contribution >= 0.6 is 0 Å². The molecule has 0 bridgehead atoms. The van der Waals surface area contributed by atoms with Crippen molar-refractivity contribution in [1.29, 1.82) is 0 Å². The van der Waals surface area contributed by atoms with Gasteiger partial charge in [-0.15, -0.1) is 0 Å². The highest BCUT2D eigenvalue weighted by Gasteiger charge is 2.21. The molecule has 0 spiro atoms. The lowest BCUT2D eigenvalue weighted by Crippen LogP contribution is -2.28. The molecule has 0 aliphatic carbocycles. The van der Waals surface area contributed by atoms with Crippen molar-refractivity contribution in [1.82, 2.24) is 4.57 Å². The van der Waals surface area contributed by atoms with Crippen LogP contribution in [0.25, 0.3) is 0 Å². The summed E-state index contributed by atoms with van der Waals surface area (Å²) in [6, 6.07) is 10.7. The van der Waals surface area contributed by atoms with Gasteiger partial charge in [0.05, 0.1) is 12.8 Å². The van der Waals surface area contributed by atoms with Gasteiger partial charge in [-0.3, -0.25) is 4.79 Å². The minimum absolute atomic E-state index is 0.300. The molecule has 0 saturated heterocycles. The minimum atomic E-state index is -0.931. The Bertz CT molecular complexity index is 989. The Balaban J connectivity index is 1.58. The number of carbonyl (C=O) groups excluding carboxylic acids is 2. The Morgan fingerprint density at radius 1 is 1.17 bits per heavy atom. The van der Waals surface area contributed by atoms with Crippen LogP contribution in [0.5, 0.6) is 5.75 Å². The van der Waals surface area contributed by atoms with Crippen LogP contribution in [0.15, 0.2) is 53.1 Å². The van der Waals surface area contributed by atoms with E-state index in [4.69, 9.17) is 13.9 Å². The monoisotopic (exact) mass is 399 g/mol. The number of furan rings is 1. The zero-order chi connectivity index (χ0) is 21.0. The van der Waals surface area contributed by atoms with Gasteiger partial charge in [-0.1, -0.05) is 0 Å². The van der Waals surface area contributed by atoms with E-state index in [-0.39, 0.29) is 12.4 Å². The summed E-state index contributed by atoms with van der Waals surface area (Å²) < 4.78 is 30.8. The van der Waals surface area contributed by atoms with Gasteiger partial charge in [0.15, 0.2) is 12.7 Å². The van der Waals surface area contributed by atoms with Crippen molar-refractivity contribution in [2.24, 2.45) is 0 Å². The molecule has 0 aliphatic rings. The summed E-state index contributed by atoms with van der Waals surface area (Å²) in [7, 11) is 0. The van der Waals surface area contributed by atoms with E-state index in [1.165, 1.54) is 31.2 Å². The number of ether oxygens (including phenoxy) is 2. The number of esters is 1. The molecule has 0 fully saturated rings. The van der Waals surface area contributed by atoms with Gasteiger partial charge in [-0.05, 0) is 63.2 Å². The van der Waals surface area contributed by atoms with E-state index >= 15 is 0 Å². The van der Waals surface area contributed by atoms with Crippen LogP contribution in [0.3, 0.4) is 0 Å². The van der Waals surface area contributed by atoms with Gasteiger partial charge in [0.2, 0.25) is 5.78 Å². The van der Waals surface area contributed by atoms with Gasteiger partial charge < -0.3 is 18.5 Å². The molecule has 0 amide bonds. The van der Waals surface area contributed by atoms with Crippen LogP contribution in [-0.4, -0.2) is 29.0 Å². The summed E-state index contributed by atoms with van der Waals surface area (Å²) in [5, 5.41) is 0. The van der Waals surface area contributed by atoms with Crippen LogP contribution in [0.4, 0.5) is 4.39 Å². The molecule has 7 heteroatoms. The first-order valence-corrected chi connectivity index (χ1v) is 9.16. The second-order valence-electron chi connectivity index (χ2n) is 6.70. The smallest absolute Gasteiger partial charge is 0.347 e. The number of ketones is 1. The number of nitrogens with zero attached hydrogens (tertiary/aromatic N) is 1. The molecule has 152 valence electrons. The molecular formula is C22H22FNO5. The number of benzene rings is 1. The van der Waals surface area contributed by atoms with Crippen molar-refractivity contribution < 1.29 is 27.9 Å². The highest BCUT2D eigenvalue weighted by atomic mass is 19.1. The molecule has 3 rings (SSSR count). The van der Waals surface area contributed by atoms with Crippen molar-refractivity contribution in [3.8, 4) is 5.75 Å². The van der Waals surface area contributed by atoms with Crippen molar-refractivity contribution in [3.63, 3.8) is 0 Å². The fourth-order valence-electron chi connectivity index (χ4n) is 2.98. The summed E-state index contributed by atoms with van der Waals surface area (Å²) in [4.78, 5) is 24.7. The van der Waals surface area contributed by atoms with Gasteiger partial charge in [0.25, 0.3) is 0 Å². The lowest BCUT2D eigenvalue weighted by molar-refractivity contribution is -0.149. The second kappa shape index (κ2) is 8.77. The Kier molecular flexibility index (Phi) is 6.16. The average molecular weight is 399 g/mol. The number of hydrogen-bond acceptors (Lipinski definition) is 5. The number of rotatable bonds is 8. The zero-order valence-corrected chi connectivity index (χ0v) is 16.5. The summed E-state index contributed by atoms with van der Waals surface area (Å²) in [5.41, 5.74) is 2.17. The maximum absolute atomic E-state index is 12.9. The van der Waals surface area contributed by atoms with Crippen LogP contribution in [0.1, 0.15) is 34.4 Å². The molecule has 3 aromatic rings. The highest BCUT2D eigenvalue weighted by Crippen LogP contribution is 2.18. The van der Waals surface area contributed by atoms with Crippen LogP contribution in [0, 0.1) is 19.7 Å². The van der Waals surface area contributed by atoms with Crippen molar-refractivity contribution in [2.75, 3.05) is 6.61 Å². The lowest BCUT2D eigenvalue weighted by Gasteiger charge is -2.13. The van der Waals surface area contributed by atoms with Gasteiger partial charge in [-0.25, -0.2) is 9.18 Å². The lowest BCUT2D eigenvalue weighted by atomic mass is 10.1. The summed E-state index contributed by atoms with van der Waals surface area (Å²) in [6.45, 7) is 5.37. The fraction of sp³-hybridized carbons (Fsp3) is 0.273. The number of aryl methyl sites for hydroxylation is 1. The van der Waals surface area contributed by atoms with E-state index in [1.807, 2.05) is 30.5 Å². The Labute approximate surface area is 167 Å². The topological polar surface area (TPSA) is 70.7 Å². The second-order valence-corrected chi connectivity index (χ2v) is 6.70. The molecule has 0 unspecified atom stereocenters. The molecule has 1 aromatic carbocycles. The van der Waals surface area contributed by atoms with Gasteiger partial charge >= 0.3 is 5.97 Å². The quantitative estimate of drug-likeness (QED) is 0.422. The summed E-state index contributed by atoms with van der Waals surface area (Å²) in [5.74, 6) is -0.256. The molecule has 0 radical (unpaired) electrons. The van der Waals surface area contributed by atoms with Gasteiger partial charge in [-0.2, -0.15) is 0 Å². The molecule has 2 aromatic heterocycles. The number of Topliss-reactive ketones (excluding diaryl/α,β-unsaturated/α-hetero) is 1. The molecule has 1 atom stereocenters. The standard InChI is InChI=1S/C22H22FNO5/c1-14-11-20(15(2)24(14)12-19-5-4-10-27-19)21(25)13-28-22(26)16(3)29-18-8-6-17(23)7-9-18/h4-11,16H,12-13H2,1-3H3/t16-/m1/s1. The maximum Gasteiger partial charge on any atom is 0.347 e. The molecule has 6 nitrogen and oxygen atoms in total. The molecule has 29 heavy (non-hydrogen) atoms. The van der Waals surface area contributed by atoms with Gasteiger partial charge in [0, 0.05) is 17.0 Å². The summed E-state index contributed by atoms with van der Waals surface area (Å²) >= 11 is 0. The van der Waals surface area contributed by atoms with E-state index in [2.05, 4.69) is 0 Å². The third-order valence-electron chi connectivity index (χ3n) is 4.57. The predicted octanol–water partition coefficient (Wildman–Crippen LogP) is 4.08. The third kappa shape index (κ3) is 4.93. The van der Waals surface area contributed by atoms with Gasteiger partial charge in [0.1, 0.15) is 17.3 Å². The van der Waals surface area contributed by atoms with Crippen LogP contribution < -0.4 is 4.74 Å². The molecule has 2 heterocycles. The van der Waals surface area contributed by atoms with Crippen LogP contribution in [-0.2, 0) is 16.1 Å². The molecular weight excluding hydrogens is 377 g/mol. The first-order chi connectivity index (χ1) is 13.8. The largest absolute Gasteiger partial charge is 0.479 e. The SMILES string of the molecule is Cc1cc(C(=O)COC(=O)[C@@H](C)Oc2ccc(F)cc2)c(C)n1Cc1ccco1. The zero-order valence-electron chi connectivity index (χ0n) is 16.5. The maximum atomic E-state index is 12.9. The van der Waals surface area contributed by atoms with E-state index in [0.29, 0.717) is 17.9 Å². The predicted molar refractivity (Wildman–Crippen MR) is 103 cm³/mol. The fourth-order valence-corrected chi connectivity index (χ4v) is 2.98. The third-order valence-corrected chi connectivity index (χ3v) is 4.57. The molecule has 0 saturated carbocycles. The first kappa shape index (κ1) is 20.4. The number of aromatic nitrogens is 1. The van der Waals surface area contributed by atoms with E-state index in [9.17, 15) is 14.0 Å². The highest BCUT2D eigenvalue weighted by molar-refractivity contribution is 5.99. The van der Waals surface area contributed by atoms with E-state index < -0.39 is 17.9 Å². The minimum Gasteiger partial charge on any atom is -0.479 e. The average Bonchev–Trinajstić information content (AvgIpc) is 3.31. The normalized spacial score (nSPS) is 11.9. The van der Waals surface area contributed by atoms with Crippen molar-refractivity contribution in [2.45, 2.75) is 33.4 Å². The first-order valence-electron chi connectivity index (χ1n) is 9.16. The number of hydrogen-bond donors (Lipinski definition) is 0. The van der Waals surface area contributed by atoms with Crippen LogP contribution in [0.2, 0.25) is 0 Å². The Morgan fingerprint density at radius 3 is 2.55 bits per heavy atom. The van der Waals surface area contributed by atoms with Crippen molar-refractivity contribution in [3.05, 3.63) is 77.3 Å². The van der Waals surface area contributed by atoms with Crippen molar-refractivity contribution >= 4 is 11.8 Å². The number of halogens is 1. The molecule has 0 N–H and O–H groups in total. The summed E-state index contributed by atoms with van der Waals surface area (Å²) in [6.07, 6.45) is 0.670. The number of carbonyl (C=O) groups is 2. The Morgan fingerprint density at radius 2 is 1.90 bits per heavy atom.